The zero-order valence-electron chi connectivity index (χ0n) is 20.7. The van der Waals surface area contributed by atoms with Crippen molar-refractivity contribution in [2.45, 2.75) is 88.8 Å². The minimum absolute atomic E-state index is 0.00210. The van der Waals surface area contributed by atoms with E-state index in [1.807, 2.05) is 12.5 Å². The van der Waals surface area contributed by atoms with Crippen molar-refractivity contribution >= 4 is 11.7 Å². The second kappa shape index (κ2) is 10.3. The molecule has 1 saturated heterocycles. The third kappa shape index (κ3) is 5.28. The van der Waals surface area contributed by atoms with Gasteiger partial charge in [0.05, 0.1) is 17.9 Å². The molecule has 1 unspecified atom stereocenters. The summed E-state index contributed by atoms with van der Waals surface area (Å²) >= 11 is 0. The van der Waals surface area contributed by atoms with Crippen LogP contribution in [0.2, 0.25) is 0 Å². The van der Waals surface area contributed by atoms with Crippen LogP contribution in [0.15, 0.2) is 24.7 Å². The number of aromatic nitrogens is 2. The first-order valence-electron chi connectivity index (χ1n) is 13.3. The van der Waals surface area contributed by atoms with E-state index in [-0.39, 0.29) is 23.5 Å². The third-order valence-corrected chi connectivity index (χ3v) is 8.17. The first kappa shape index (κ1) is 24.4. The number of nitrogens with one attached hydrogen (secondary N) is 2. The van der Waals surface area contributed by atoms with Crippen LogP contribution < -0.4 is 10.6 Å². The van der Waals surface area contributed by atoms with E-state index in [9.17, 15) is 13.6 Å². The van der Waals surface area contributed by atoms with Gasteiger partial charge in [0.1, 0.15) is 11.6 Å². The molecule has 1 amide bonds. The van der Waals surface area contributed by atoms with Gasteiger partial charge in [-0.25, -0.2) is 13.8 Å². The van der Waals surface area contributed by atoms with Gasteiger partial charge in [0.15, 0.2) is 5.82 Å². The average molecular weight is 486 g/mol. The Hall–Kier alpha value is -2.32. The molecule has 1 saturated carbocycles. The molecule has 5 rings (SSSR count). The maximum atomic E-state index is 14.1. The van der Waals surface area contributed by atoms with Gasteiger partial charge >= 0.3 is 0 Å². The van der Waals surface area contributed by atoms with Crippen LogP contribution in [0.5, 0.6) is 0 Å². The van der Waals surface area contributed by atoms with Crippen LogP contribution in [0.3, 0.4) is 0 Å². The summed E-state index contributed by atoms with van der Waals surface area (Å²) in [6, 6.07) is 2.00. The molecule has 2 atom stereocenters. The van der Waals surface area contributed by atoms with Gasteiger partial charge in [0.25, 0.3) is 0 Å². The first-order chi connectivity index (χ1) is 17.0. The Balaban J connectivity index is 1.22. The maximum absolute atomic E-state index is 14.1. The predicted octanol–water partition coefficient (Wildman–Crippen LogP) is 4.39. The molecule has 0 spiro atoms. The SMILES string of the molecule is CCC[C@H](NC1CCc2c(F)cc(F)cc2C1)C(=O)Nc1cn(C2(CN3CCCC3)CCC2)cn1. The number of halogens is 2. The van der Waals surface area contributed by atoms with E-state index in [2.05, 4.69) is 32.0 Å². The van der Waals surface area contributed by atoms with Crippen molar-refractivity contribution in [2.75, 3.05) is 25.0 Å². The van der Waals surface area contributed by atoms with Crippen LogP contribution in [0, 0.1) is 11.6 Å². The lowest BCUT2D eigenvalue weighted by Crippen LogP contribution is -2.49. The minimum atomic E-state index is -0.547. The quantitative estimate of drug-likeness (QED) is 0.553. The Morgan fingerprint density at radius 2 is 2.03 bits per heavy atom. The number of rotatable bonds is 9. The fraction of sp³-hybridized carbons (Fsp3) is 0.630. The topological polar surface area (TPSA) is 62.2 Å². The molecular formula is C27H37F2N5O. The number of carbonyl (C=O) groups excluding carboxylic acids is 1. The summed E-state index contributed by atoms with van der Waals surface area (Å²) < 4.78 is 30.1. The van der Waals surface area contributed by atoms with Gasteiger partial charge in [-0.15, -0.1) is 0 Å². The number of likely N-dealkylation sites (tertiary alicyclic amines) is 1. The Morgan fingerprint density at radius 3 is 2.74 bits per heavy atom. The lowest BCUT2D eigenvalue weighted by atomic mass is 9.76. The molecule has 3 aliphatic rings. The van der Waals surface area contributed by atoms with Crippen molar-refractivity contribution in [1.29, 1.82) is 0 Å². The summed E-state index contributed by atoms with van der Waals surface area (Å²) in [5, 5.41) is 6.49. The Morgan fingerprint density at radius 1 is 1.23 bits per heavy atom. The molecule has 8 heteroatoms. The molecule has 35 heavy (non-hydrogen) atoms. The maximum Gasteiger partial charge on any atom is 0.242 e. The van der Waals surface area contributed by atoms with Crippen LogP contribution in [-0.4, -0.2) is 52.1 Å². The second-order valence-corrected chi connectivity index (χ2v) is 10.7. The van der Waals surface area contributed by atoms with Crippen molar-refractivity contribution in [3.05, 3.63) is 47.4 Å². The number of imidazole rings is 1. The molecule has 2 aliphatic carbocycles. The Bertz CT molecular complexity index is 1040. The van der Waals surface area contributed by atoms with Crippen LogP contribution >= 0.6 is 0 Å². The van der Waals surface area contributed by atoms with Gasteiger partial charge in [0, 0.05) is 24.8 Å². The lowest BCUT2D eigenvalue weighted by Gasteiger charge is -2.45. The Kier molecular flexibility index (Phi) is 7.21. The van der Waals surface area contributed by atoms with E-state index < -0.39 is 11.6 Å². The number of amides is 1. The highest BCUT2D eigenvalue weighted by molar-refractivity contribution is 5.94. The van der Waals surface area contributed by atoms with Crippen molar-refractivity contribution in [3.8, 4) is 0 Å². The summed E-state index contributed by atoms with van der Waals surface area (Å²) in [7, 11) is 0. The molecule has 1 aliphatic heterocycles. The highest BCUT2D eigenvalue weighted by Gasteiger charge is 2.40. The molecular weight excluding hydrogens is 448 g/mol. The normalized spacial score (nSPS) is 22.4. The predicted molar refractivity (Wildman–Crippen MR) is 132 cm³/mol. The highest BCUT2D eigenvalue weighted by atomic mass is 19.1. The molecule has 1 aromatic heterocycles. The highest BCUT2D eigenvalue weighted by Crippen LogP contribution is 2.41. The van der Waals surface area contributed by atoms with Crippen molar-refractivity contribution in [1.82, 2.24) is 19.8 Å². The monoisotopic (exact) mass is 485 g/mol. The molecule has 2 fully saturated rings. The molecule has 6 nitrogen and oxygen atoms in total. The molecule has 1 aromatic carbocycles. The van der Waals surface area contributed by atoms with Crippen LogP contribution in [0.4, 0.5) is 14.6 Å². The number of nitrogens with zero attached hydrogens (tertiary/aromatic N) is 3. The molecule has 2 N–H and O–H groups in total. The van der Waals surface area contributed by atoms with Gasteiger partial charge in [-0.05, 0) is 88.1 Å². The van der Waals surface area contributed by atoms with Crippen LogP contribution in [-0.2, 0) is 23.2 Å². The van der Waals surface area contributed by atoms with E-state index in [0.29, 0.717) is 36.2 Å². The van der Waals surface area contributed by atoms with E-state index in [0.717, 1.165) is 38.3 Å². The number of hydrogen-bond acceptors (Lipinski definition) is 4. The zero-order valence-corrected chi connectivity index (χ0v) is 20.7. The summed E-state index contributed by atoms with van der Waals surface area (Å²) in [5.41, 5.74) is 1.40. The standard InChI is InChI=1S/C27H37F2N5O/c1-2-6-24(31-21-7-8-22-19(14-21)13-20(28)15-23(22)29)26(35)32-25-16-34(18-30-25)27(9-5-10-27)17-33-11-3-4-12-33/h13,15-16,18,21,24,31H,2-12,14,17H2,1H3,(H,32,35)/t21?,24-/m0/s1. The summed E-state index contributed by atoms with van der Waals surface area (Å²) in [6.45, 7) is 5.46. The average Bonchev–Trinajstić information content (AvgIpc) is 3.48. The molecule has 0 bridgehead atoms. The third-order valence-electron chi connectivity index (χ3n) is 8.17. The van der Waals surface area contributed by atoms with Gasteiger partial charge in [-0.2, -0.15) is 0 Å². The van der Waals surface area contributed by atoms with E-state index >= 15 is 0 Å². The number of hydrogen-bond donors (Lipinski definition) is 2. The van der Waals surface area contributed by atoms with Gasteiger partial charge in [-0.3, -0.25) is 4.79 Å². The second-order valence-electron chi connectivity index (χ2n) is 10.7. The van der Waals surface area contributed by atoms with Crippen molar-refractivity contribution < 1.29 is 13.6 Å². The summed E-state index contributed by atoms with van der Waals surface area (Å²) in [4.78, 5) is 20.3. The van der Waals surface area contributed by atoms with Gasteiger partial charge in [-0.1, -0.05) is 13.3 Å². The number of benzene rings is 1. The number of anilines is 1. The Labute approximate surface area is 206 Å². The fourth-order valence-corrected chi connectivity index (χ4v) is 6.11. The molecule has 190 valence electrons. The lowest BCUT2D eigenvalue weighted by molar-refractivity contribution is -0.118. The first-order valence-corrected chi connectivity index (χ1v) is 13.3. The molecule has 0 radical (unpaired) electrons. The molecule has 2 heterocycles. The summed E-state index contributed by atoms with van der Waals surface area (Å²) in [6.07, 6.45) is 13.3. The van der Waals surface area contributed by atoms with Crippen molar-refractivity contribution in [3.63, 3.8) is 0 Å². The fourth-order valence-electron chi connectivity index (χ4n) is 6.11. The number of carbonyl (C=O) groups is 1. The van der Waals surface area contributed by atoms with Crippen molar-refractivity contribution in [2.24, 2.45) is 0 Å². The van der Waals surface area contributed by atoms with E-state index in [4.69, 9.17) is 0 Å². The van der Waals surface area contributed by atoms with Crippen LogP contribution in [0.1, 0.15) is 69.4 Å². The smallest absolute Gasteiger partial charge is 0.242 e. The minimum Gasteiger partial charge on any atom is -0.328 e. The van der Waals surface area contributed by atoms with E-state index in [1.54, 1.807) is 0 Å². The molecule has 2 aromatic rings. The van der Waals surface area contributed by atoms with Gasteiger partial charge in [0.2, 0.25) is 5.91 Å². The zero-order chi connectivity index (χ0) is 24.4. The summed E-state index contributed by atoms with van der Waals surface area (Å²) in [5.74, 6) is -0.528. The largest absolute Gasteiger partial charge is 0.328 e. The number of fused-ring (bicyclic) bond motifs is 1. The van der Waals surface area contributed by atoms with Gasteiger partial charge < -0.3 is 20.1 Å². The van der Waals surface area contributed by atoms with Crippen LogP contribution in [0.25, 0.3) is 0 Å². The van der Waals surface area contributed by atoms with E-state index in [1.165, 1.54) is 38.4 Å².